The molecule has 0 bridgehead atoms. The van der Waals surface area contributed by atoms with Gasteiger partial charge in [-0.2, -0.15) is 0 Å². The molecule has 2 atom stereocenters. The minimum atomic E-state index is -0.832. The number of benzene rings is 1. The Bertz CT molecular complexity index is 769. The highest BCUT2D eigenvalue weighted by Gasteiger charge is 2.43. The first-order chi connectivity index (χ1) is 15.0. The Hall–Kier alpha value is -2.16. The highest BCUT2D eigenvalue weighted by Crippen LogP contribution is 2.35. The Balaban J connectivity index is 1.26. The van der Waals surface area contributed by atoms with Gasteiger partial charge in [0.25, 0.3) is 11.8 Å². The van der Waals surface area contributed by atoms with Gasteiger partial charge in [0.05, 0.1) is 18.3 Å². The number of ether oxygens (including phenoxy) is 2. The fourth-order valence-electron chi connectivity index (χ4n) is 4.67. The average molecular weight is 433 g/mol. The highest BCUT2D eigenvalue weighted by atomic mass is 16.5. The number of piperidine rings is 2. The number of aliphatic hydroxyl groups is 2. The van der Waals surface area contributed by atoms with E-state index in [2.05, 4.69) is 0 Å². The Labute approximate surface area is 182 Å². The molecule has 170 valence electrons. The number of hydrogen-bond acceptors (Lipinski definition) is 6. The van der Waals surface area contributed by atoms with Crippen molar-refractivity contribution in [2.24, 2.45) is 0 Å². The fourth-order valence-corrected chi connectivity index (χ4v) is 4.67. The van der Waals surface area contributed by atoms with Crippen molar-refractivity contribution >= 4 is 11.8 Å². The molecule has 2 N–H and O–H groups in total. The Morgan fingerprint density at radius 3 is 2.29 bits per heavy atom. The number of hydrogen-bond donors (Lipinski definition) is 2. The van der Waals surface area contributed by atoms with Crippen LogP contribution in [-0.4, -0.2) is 89.0 Å². The second-order valence-electron chi connectivity index (χ2n) is 8.88. The quantitative estimate of drug-likeness (QED) is 0.742. The maximum absolute atomic E-state index is 12.9. The summed E-state index contributed by atoms with van der Waals surface area (Å²) in [4.78, 5) is 28.7. The van der Waals surface area contributed by atoms with Crippen LogP contribution in [0.5, 0.6) is 5.75 Å². The van der Waals surface area contributed by atoms with E-state index in [4.69, 9.17) is 9.47 Å². The van der Waals surface area contributed by atoms with Crippen LogP contribution in [0.25, 0.3) is 0 Å². The number of carbonyl (C=O) groups is 2. The van der Waals surface area contributed by atoms with Crippen LogP contribution < -0.4 is 4.74 Å². The summed E-state index contributed by atoms with van der Waals surface area (Å²) in [5.74, 6) is 0.523. The van der Waals surface area contributed by atoms with Gasteiger partial charge in [-0.15, -0.1) is 0 Å². The number of carbonyl (C=O) groups excluding carboxylic acids is 2. The van der Waals surface area contributed by atoms with Gasteiger partial charge in [-0.1, -0.05) is 0 Å². The van der Waals surface area contributed by atoms with Crippen molar-refractivity contribution in [3.63, 3.8) is 0 Å². The number of amides is 2. The molecule has 0 aromatic heterocycles. The molecule has 3 fully saturated rings. The van der Waals surface area contributed by atoms with E-state index in [-0.39, 0.29) is 25.0 Å². The topological polar surface area (TPSA) is 99.5 Å². The van der Waals surface area contributed by atoms with Gasteiger partial charge in [-0.05, 0) is 56.4 Å². The van der Waals surface area contributed by atoms with Crippen molar-refractivity contribution < 1.29 is 29.3 Å². The van der Waals surface area contributed by atoms with Gasteiger partial charge in [0.1, 0.15) is 11.9 Å². The molecular weight excluding hydrogens is 400 g/mol. The van der Waals surface area contributed by atoms with E-state index in [0.29, 0.717) is 43.7 Å². The van der Waals surface area contributed by atoms with Gasteiger partial charge in [-0.3, -0.25) is 9.59 Å². The van der Waals surface area contributed by atoms with Gasteiger partial charge in [0.2, 0.25) is 0 Å². The van der Waals surface area contributed by atoms with E-state index < -0.39 is 17.8 Å². The minimum absolute atomic E-state index is 0.00432. The summed E-state index contributed by atoms with van der Waals surface area (Å²) in [6, 6.07) is 6.91. The first-order valence-electron chi connectivity index (χ1n) is 11.3. The molecule has 1 aromatic carbocycles. The normalized spacial score (nSPS) is 26.0. The molecular formula is C23H32N2O6. The van der Waals surface area contributed by atoms with E-state index in [1.54, 1.807) is 29.2 Å². The van der Waals surface area contributed by atoms with Crippen molar-refractivity contribution in [2.75, 3.05) is 39.4 Å². The first kappa shape index (κ1) is 22.0. The second-order valence-corrected chi connectivity index (χ2v) is 8.88. The van der Waals surface area contributed by atoms with Gasteiger partial charge < -0.3 is 29.5 Å². The van der Waals surface area contributed by atoms with Crippen molar-refractivity contribution in [1.82, 2.24) is 9.80 Å². The molecule has 1 aromatic rings. The maximum atomic E-state index is 12.9. The van der Waals surface area contributed by atoms with E-state index in [9.17, 15) is 19.8 Å². The van der Waals surface area contributed by atoms with E-state index >= 15 is 0 Å². The summed E-state index contributed by atoms with van der Waals surface area (Å²) in [5, 5.41) is 19.6. The monoisotopic (exact) mass is 432 g/mol. The SMILES string of the molecule is O=C(COc1ccc(C(=O)N2CCC3(CC2)C[C@@H](O)[C@@H](O)CO3)cc1)N1CCCCC1. The van der Waals surface area contributed by atoms with Crippen molar-refractivity contribution in [3.8, 4) is 5.75 Å². The van der Waals surface area contributed by atoms with Crippen LogP contribution in [0.2, 0.25) is 0 Å². The summed E-state index contributed by atoms with van der Waals surface area (Å²) >= 11 is 0. The van der Waals surface area contributed by atoms with Crippen molar-refractivity contribution in [2.45, 2.75) is 56.3 Å². The largest absolute Gasteiger partial charge is 0.484 e. The van der Waals surface area contributed by atoms with Crippen LogP contribution in [-0.2, 0) is 9.53 Å². The van der Waals surface area contributed by atoms with Crippen molar-refractivity contribution in [1.29, 1.82) is 0 Å². The molecule has 0 saturated carbocycles. The van der Waals surface area contributed by atoms with Crippen LogP contribution in [0.1, 0.15) is 48.9 Å². The maximum Gasteiger partial charge on any atom is 0.260 e. The minimum Gasteiger partial charge on any atom is -0.484 e. The molecule has 3 aliphatic rings. The molecule has 3 saturated heterocycles. The summed E-state index contributed by atoms with van der Waals surface area (Å²) in [7, 11) is 0. The molecule has 8 nitrogen and oxygen atoms in total. The number of aliphatic hydroxyl groups excluding tert-OH is 2. The molecule has 0 aliphatic carbocycles. The third-order valence-corrected chi connectivity index (χ3v) is 6.72. The van der Waals surface area contributed by atoms with Crippen molar-refractivity contribution in [3.05, 3.63) is 29.8 Å². The van der Waals surface area contributed by atoms with Gasteiger partial charge in [-0.25, -0.2) is 0 Å². The lowest BCUT2D eigenvalue weighted by atomic mass is 9.82. The molecule has 31 heavy (non-hydrogen) atoms. The van der Waals surface area contributed by atoms with Gasteiger partial charge >= 0.3 is 0 Å². The molecule has 3 heterocycles. The standard InChI is InChI=1S/C23H32N2O6/c26-19-14-23(31-15-20(19)27)8-12-25(13-9-23)22(29)17-4-6-18(7-5-17)30-16-21(28)24-10-2-1-3-11-24/h4-7,19-20,26-27H,1-3,8-16H2/t19-,20+/m1/s1. The lowest BCUT2D eigenvalue weighted by Crippen LogP contribution is -2.55. The average Bonchev–Trinajstić information content (AvgIpc) is 2.81. The number of likely N-dealkylation sites (tertiary alicyclic amines) is 2. The number of nitrogens with zero attached hydrogens (tertiary/aromatic N) is 2. The highest BCUT2D eigenvalue weighted by molar-refractivity contribution is 5.94. The zero-order chi connectivity index (χ0) is 21.8. The third-order valence-electron chi connectivity index (χ3n) is 6.72. The molecule has 1 spiro atoms. The van der Waals surface area contributed by atoms with E-state index in [0.717, 1.165) is 25.9 Å². The van der Waals surface area contributed by atoms with Crippen LogP contribution >= 0.6 is 0 Å². The molecule has 0 unspecified atom stereocenters. The lowest BCUT2D eigenvalue weighted by Gasteiger charge is -2.46. The van der Waals surface area contributed by atoms with Gasteiger partial charge in [0.15, 0.2) is 6.61 Å². The predicted molar refractivity (Wildman–Crippen MR) is 113 cm³/mol. The summed E-state index contributed by atoms with van der Waals surface area (Å²) in [6.45, 7) is 2.85. The van der Waals surface area contributed by atoms with E-state index in [1.165, 1.54) is 6.42 Å². The third kappa shape index (κ3) is 5.19. The Morgan fingerprint density at radius 1 is 0.968 bits per heavy atom. The Morgan fingerprint density at radius 2 is 1.65 bits per heavy atom. The van der Waals surface area contributed by atoms with Crippen LogP contribution in [0.15, 0.2) is 24.3 Å². The fraction of sp³-hybridized carbons (Fsp3) is 0.652. The Kier molecular flexibility index (Phi) is 6.79. The van der Waals surface area contributed by atoms with Gasteiger partial charge in [0, 0.05) is 38.2 Å². The summed E-state index contributed by atoms with van der Waals surface area (Å²) < 4.78 is 11.5. The van der Waals surface area contributed by atoms with Crippen LogP contribution in [0.4, 0.5) is 0 Å². The van der Waals surface area contributed by atoms with Crippen LogP contribution in [0.3, 0.4) is 0 Å². The molecule has 8 heteroatoms. The summed E-state index contributed by atoms with van der Waals surface area (Å²) in [6.07, 6.45) is 3.36. The number of rotatable bonds is 4. The molecule has 0 radical (unpaired) electrons. The van der Waals surface area contributed by atoms with E-state index in [1.807, 2.05) is 4.90 Å². The van der Waals surface area contributed by atoms with Crippen LogP contribution in [0, 0.1) is 0 Å². The zero-order valence-corrected chi connectivity index (χ0v) is 17.9. The lowest BCUT2D eigenvalue weighted by molar-refractivity contribution is -0.185. The molecule has 2 amide bonds. The second kappa shape index (κ2) is 9.54. The predicted octanol–water partition coefficient (Wildman–Crippen LogP) is 1.19. The molecule has 3 aliphatic heterocycles. The smallest absolute Gasteiger partial charge is 0.260 e. The molecule has 4 rings (SSSR count). The zero-order valence-electron chi connectivity index (χ0n) is 17.9. The summed E-state index contributed by atoms with van der Waals surface area (Å²) in [5.41, 5.74) is 0.124. The first-order valence-corrected chi connectivity index (χ1v) is 11.3.